The minimum absolute atomic E-state index is 0.201. The summed E-state index contributed by atoms with van der Waals surface area (Å²) in [4.78, 5) is 22.6. The summed E-state index contributed by atoms with van der Waals surface area (Å²) in [6.07, 6.45) is 5.99. The molecule has 21 heavy (non-hydrogen) atoms. The molecule has 6 heteroatoms. The maximum atomic E-state index is 12.4. The van der Waals surface area contributed by atoms with Gasteiger partial charge >= 0.3 is 0 Å². The van der Waals surface area contributed by atoms with Crippen LogP contribution in [0.25, 0.3) is 0 Å². The molecule has 0 bridgehead atoms. The fourth-order valence-electron chi connectivity index (χ4n) is 2.69. The van der Waals surface area contributed by atoms with Crippen molar-refractivity contribution < 1.29 is 4.79 Å². The van der Waals surface area contributed by atoms with Crippen LogP contribution in [0.5, 0.6) is 0 Å². The van der Waals surface area contributed by atoms with Gasteiger partial charge in [-0.15, -0.1) is 0 Å². The van der Waals surface area contributed by atoms with Gasteiger partial charge in [-0.2, -0.15) is 11.3 Å². The van der Waals surface area contributed by atoms with E-state index >= 15 is 0 Å². The number of likely N-dealkylation sites (tertiary alicyclic amines) is 1. The Labute approximate surface area is 128 Å². The number of rotatable bonds is 5. The molecular formula is C15H18N4OS. The summed E-state index contributed by atoms with van der Waals surface area (Å²) in [7, 11) is 0. The van der Waals surface area contributed by atoms with Crippen LogP contribution in [0.3, 0.4) is 0 Å². The lowest BCUT2D eigenvalue weighted by molar-refractivity contribution is -0.131. The van der Waals surface area contributed by atoms with E-state index in [0.717, 1.165) is 19.4 Å². The first kappa shape index (κ1) is 14.0. The molecule has 1 N–H and O–H groups in total. The van der Waals surface area contributed by atoms with Crippen molar-refractivity contribution in [3.8, 4) is 0 Å². The highest BCUT2D eigenvalue weighted by Gasteiger charge is 2.29. The van der Waals surface area contributed by atoms with E-state index in [1.165, 1.54) is 5.56 Å². The monoisotopic (exact) mass is 302 g/mol. The summed E-state index contributed by atoms with van der Waals surface area (Å²) < 4.78 is 0. The van der Waals surface area contributed by atoms with Gasteiger partial charge in [-0.25, -0.2) is 9.97 Å². The van der Waals surface area contributed by atoms with Crippen LogP contribution in [0.1, 0.15) is 30.9 Å². The summed E-state index contributed by atoms with van der Waals surface area (Å²) in [6.45, 7) is 1.43. The smallest absolute Gasteiger partial charge is 0.224 e. The number of anilines is 1. The Morgan fingerprint density at radius 3 is 3.05 bits per heavy atom. The molecule has 0 spiro atoms. The zero-order chi connectivity index (χ0) is 14.5. The Bertz CT molecular complexity index is 573. The molecule has 2 aromatic heterocycles. The van der Waals surface area contributed by atoms with Gasteiger partial charge in [-0.1, -0.05) is 0 Å². The molecule has 1 saturated heterocycles. The summed E-state index contributed by atoms with van der Waals surface area (Å²) in [5, 5.41) is 7.30. The first-order valence-corrected chi connectivity index (χ1v) is 8.11. The van der Waals surface area contributed by atoms with Gasteiger partial charge in [0.25, 0.3) is 0 Å². The van der Waals surface area contributed by atoms with Crippen LogP contribution in [0, 0.1) is 0 Å². The van der Waals surface area contributed by atoms with Crippen molar-refractivity contribution in [2.45, 2.75) is 25.3 Å². The Hall–Kier alpha value is -1.95. The Balaban J connectivity index is 1.53. The quantitative estimate of drug-likeness (QED) is 0.922. The van der Waals surface area contributed by atoms with Gasteiger partial charge in [0.15, 0.2) is 0 Å². The van der Waals surface area contributed by atoms with Gasteiger partial charge in [-0.3, -0.25) is 4.79 Å². The minimum atomic E-state index is 0.201. The Morgan fingerprint density at radius 2 is 2.29 bits per heavy atom. The molecule has 5 nitrogen and oxygen atoms in total. The maximum Gasteiger partial charge on any atom is 0.224 e. The van der Waals surface area contributed by atoms with Gasteiger partial charge in [0.05, 0.1) is 6.04 Å². The lowest BCUT2D eigenvalue weighted by Crippen LogP contribution is -2.31. The molecule has 1 fully saturated rings. The summed E-state index contributed by atoms with van der Waals surface area (Å²) in [5.41, 5.74) is 1.27. The highest BCUT2D eigenvalue weighted by molar-refractivity contribution is 7.07. The first-order chi connectivity index (χ1) is 10.3. The standard InChI is InChI=1S/C15H18N4OS/c20-14(4-8-18-15-16-6-2-7-17-15)19-9-1-3-13(19)12-5-10-21-11-12/h2,5-7,10-11,13H,1,3-4,8-9H2,(H,16,17,18). The lowest BCUT2D eigenvalue weighted by Gasteiger charge is -2.24. The molecule has 1 unspecified atom stereocenters. The molecule has 1 aliphatic heterocycles. The molecule has 1 aliphatic rings. The maximum absolute atomic E-state index is 12.4. The van der Waals surface area contributed by atoms with E-state index in [9.17, 15) is 4.79 Å². The third kappa shape index (κ3) is 3.39. The second kappa shape index (κ2) is 6.67. The SMILES string of the molecule is O=C(CCNc1ncccn1)N1CCCC1c1ccsc1. The summed E-state index contributed by atoms with van der Waals surface area (Å²) in [6, 6.07) is 4.15. The second-order valence-corrected chi connectivity index (χ2v) is 5.83. The zero-order valence-electron chi connectivity index (χ0n) is 11.7. The highest BCUT2D eigenvalue weighted by Crippen LogP contribution is 2.33. The number of carbonyl (C=O) groups excluding carboxylic acids is 1. The van der Waals surface area contributed by atoms with Crippen molar-refractivity contribution in [1.29, 1.82) is 0 Å². The van der Waals surface area contributed by atoms with Crippen LogP contribution in [-0.2, 0) is 4.79 Å². The number of aromatic nitrogens is 2. The van der Waals surface area contributed by atoms with Crippen molar-refractivity contribution in [2.75, 3.05) is 18.4 Å². The third-order valence-electron chi connectivity index (χ3n) is 3.69. The molecule has 2 aromatic rings. The fraction of sp³-hybridized carbons (Fsp3) is 0.400. The fourth-order valence-corrected chi connectivity index (χ4v) is 3.40. The number of nitrogens with zero attached hydrogens (tertiary/aromatic N) is 3. The summed E-state index contributed by atoms with van der Waals surface area (Å²) >= 11 is 1.69. The van der Waals surface area contributed by atoms with Gasteiger partial charge < -0.3 is 10.2 Å². The number of amides is 1. The molecule has 3 rings (SSSR count). The van der Waals surface area contributed by atoms with Crippen LogP contribution >= 0.6 is 11.3 Å². The van der Waals surface area contributed by atoms with Crippen molar-refractivity contribution >= 4 is 23.2 Å². The predicted molar refractivity (Wildman–Crippen MR) is 83.1 cm³/mol. The molecule has 3 heterocycles. The van der Waals surface area contributed by atoms with Crippen LogP contribution in [0.15, 0.2) is 35.3 Å². The number of hydrogen-bond acceptors (Lipinski definition) is 5. The van der Waals surface area contributed by atoms with Gasteiger partial charge in [0.2, 0.25) is 11.9 Å². The number of hydrogen-bond donors (Lipinski definition) is 1. The Kier molecular flexibility index (Phi) is 4.45. The topological polar surface area (TPSA) is 58.1 Å². The van der Waals surface area contributed by atoms with Crippen LogP contribution < -0.4 is 5.32 Å². The molecule has 0 radical (unpaired) electrons. The largest absolute Gasteiger partial charge is 0.354 e. The number of nitrogens with one attached hydrogen (secondary N) is 1. The molecule has 110 valence electrons. The molecule has 0 aromatic carbocycles. The van der Waals surface area contributed by atoms with E-state index in [1.54, 1.807) is 29.8 Å². The van der Waals surface area contributed by atoms with E-state index in [4.69, 9.17) is 0 Å². The van der Waals surface area contributed by atoms with Gasteiger partial charge in [-0.05, 0) is 41.3 Å². The van der Waals surface area contributed by atoms with Crippen molar-refractivity contribution in [3.05, 3.63) is 40.8 Å². The normalized spacial score (nSPS) is 17.9. The van der Waals surface area contributed by atoms with E-state index in [-0.39, 0.29) is 11.9 Å². The number of carbonyl (C=O) groups is 1. The molecule has 0 aliphatic carbocycles. The predicted octanol–water partition coefficient (Wildman–Crippen LogP) is 2.70. The molecular weight excluding hydrogens is 284 g/mol. The molecule has 1 atom stereocenters. The van der Waals surface area contributed by atoms with Crippen molar-refractivity contribution in [1.82, 2.24) is 14.9 Å². The first-order valence-electron chi connectivity index (χ1n) is 7.17. The van der Waals surface area contributed by atoms with Crippen molar-refractivity contribution in [3.63, 3.8) is 0 Å². The van der Waals surface area contributed by atoms with Crippen molar-refractivity contribution in [2.24, 2.45) is 0 Å². The minimum Gasteiger partial charge on any atom is -0.354 e. The van der Waals surface area contributed by atoms with E-state index in [0.29, 0.717) is 18.9 Å². The average molecular weight is 302 g/mol. The highest BCUT2D eigenvalue weighted by atomic mass is 32.1. The molecule has 1 amide bonds. The van der Waals surface area contributed by atoms with Crippen LogP contribution in [0.2, 0.25) is 0 Å². The Morgan fingerprint density at radius 1 is 1.43 bits per heavy atom. The lowest BCUT2D eigenvalue weighted by atomic mass is 10.1. The second-order valence-electron chi connectivity index (χ2n) is 5.05. The zero-order valence-corrected chi connectivity index (χ0v) is 12.6. The van der Waals surface area contributed by atoms with Crippen LogP contribution in [-0.4, -0.2) is 33.9 Å². The average Bonchev–Trinajstić information content (AvgIpc) is 3.19. The van der Waals surface area contributed by atoms with E-state index in [1.807, 2.05) is 4.90 Å². The van der Waals surface area contributed by atoms with E-state index in [2.05, 4.69) is 32.1 Å². The van der Waals surface area contributed by atoms with Gasteiger partial charge in [0, 0.05) is 31.9 Å². The van der Waals surface area contributed by atoms with Crippen LogP contribution in [0.4, 0.5) is 5.95 Å². The summed E-state index contributed by atoms with van der Waals surface area (Å²) in [5.74, 6) is 0.772. The number of thiophene rings is 1. The van der Waals surface area contributed by atoms with Gasteiger partial charge in [0.1, 0.15) is 0 Å². The third-order valence-corrected chi connectivity index (χ3v) is 4.39. The molecule has 0 saturated carbocycles. The van der Waals surface area contributed by atoms with E-state index < -0.39 is 0 Å².